The summed E-state index contributed by atoms with van der Waals surface area (Å²) in [6.07, 6.45) is 10.3. The number of anilines is 2. The number of rotatable bonds is 7. The summed E-state index contributed by atoms with van der Waals surface area (Å²) in [6, 6.07) is 0.572. The number of hydrogen-bond donors (Lipinski definition) is 2. The van der Waals surface area contributed by atoms with Crippen LogP contribution in [-0.2, 0) is 28.9 Å². The van der Waals surface area contributed by atoms with Crippen LogP contribution < -0.4 is 15.5 Å². The highest BCUT2D eigenvalue weighted by Crippen LogP contribution is 2.33. The fourth-order valence-corrected chi connectivity index (χ4v) is 5.25. The van der Waals surface area contributed by atoms with Crippen LogP contribution in [0.3, 0.4) is 0 Å². The van der Waals surface area contributed by atoms with Gasteiger partial charge in [-0.2, -0.15) is 0 Å². The third-order valence-corrected chi connectivity index (χ3v) is 7.17. The van der Waals surface area contributed by atoms with E-state index in [1.165, 1.54) is 11.5 Å². The fraction of sp³-hybridized carbons (Fsp3) is 0.667. The minimum atomic E-state index is 0.0377. The summed E-state index contributed by atoms with van der Waals surface area (Å²) in [5.41, 5.74) is 2.25. The van der Waals surface area contributed by atoms with Crippen LogP contribution in [0.25, 0.3) is 0 Å². The average molecular weight is 454 g/mol. The van der Waals surface area contributed by atoms with Crippen LogP contribution in [0.5, 0.6) is 0 Å². The van der Waals surface area contributed by atoms with E-state index in [9.17, 15) is 4.79 Å². The third kappa shape index (κ3) is 5.04. The molecule has 0 unspecified atom stereocenters. The second-order valence-corrected chi connectivity index (χ2v) is 9.31. The number of imidazole rings is 1. The van der Waals surface area contributed by atoms with Gasteiger partial charge in [0.05, 0.1) is 5.69 Å². The molecule has 2 aromatic heterocycles. The topological polar surface area (TPSA) is 97.2 Å². The lowest BCUT2D eigenvalue weighted by Gasteiger charge is -2.34. The van der Waals surface area contributed by atoms with Crippen LogP contribution in [0.1, 0.15) is 62.0 Å². The number of hydrogen-bond acceptors (Lipinski definition) is 7. The molecule has 0 aliphatic carbocycles. The Kier molecular flexibility index (Phi) is 6.87. The van der Waals surface area contributed by atoms with Gasteiger partial charge in [-0.05, 0) is 38.5 Å². The number of aryl methyl sites for hydroxylation is 1. The van der Waals surface area contributed by atoms with Crippen LogP contribution in [0.2, 0.25) is 0 Å². The van der Waals surface area contributed by atoms with E-state index in [1.54, 1.807) is 6.33 Å². The zero-order valence-corrected chi connectivity index (χ0v) is 19.6. The molecular formula is C24H35N7O2. The summed E-state index contributed by atoms with van der Waals surface area (Å²) in [7, 11) is 0. The first kappa shape index (κ1) is 22.3. The van der Waals surface area contributed by atoms with E-state index in [1.807, 2.05) is 0 Å². The SMILES string of the molecule is CCc1cn(CCNC2CCOCC2)c(C2CCN(c3ncnc4c3CCC(=O)N4)CC2)n1. The number of piperidine rings is 1. The molecule has 0 aromatic carbocycles. The lowest BCUT2D eigenvalue weighted by molar-refractivity contribution is -0.116. The molecule has 1 amide bonds. The number of carbonyl (C=O) groups is 1. The highest BCUT2D eigenvalue weighted by molar-refractivity contribution is 5.93. The van der Waals surface area contributed by atoms with Gasteiger partial charge in [-0.1, -0.05) is 6.92 Å². The predicted octanol–water partition coefficient (Wildman–Crippen LogP) is 2.27. The molecule has 2 N–H and O–H groups in total. The summed E-state index contributed by atoms with van der Waals surface area (Å²) in [6.45, 7) is 7.72. The van der Waals surface area contributed by atoms with E-state index >= 15 is 0 Å². The first-order valence-corrected chi connectivity index (χ1v) is 12.5. The summed E-state index contributed by atoms with van der Waals surface area (Å²) in [4.78, 5) is 28.0. The Morgan fingerprint density at radius 3 is 2.76 bits per heavy atom. The molecular weight excluding hydrogens is 418 g/mol. The number of ether oxygens (including phenoxy) is 1. The van der Waals surface area contributed by atoms with Gasteiger partial charge in [0.1, 0.15) is 23.8 Å². The number of nitrogens with one attached hydrogen (secondary N) is 2. The van der Waals surface area contributed by atoms with Gasteiger partial charge in [0.15, 0.2) is 0 Å². The van der Waals surface area contributed by atoms with Crippen molar-refractivity contribution in [1.29, 1.82) is 0 Å². The van der Waals surface area contributed by atoms with Crippen LogP contribution in [0.4, 0.5) is 11.6 Å². The van der Waals surface area contributed by atoms with Gasteiger partial charge < -0.3 is 24.8 Å². The van der Waals surface area contributed by atoms with Crippen molar-refractivity contribution in [2.75, 3.05) is 43.1 Å². The Morgan fingerprint density at radius 2 is 1.97 bits per heavy atom. The van der Waals surface area contributed by atoms with Gasteiger partial charge in [0.25, 0.3) is 0 Å². The number of amides is 1. The Hall–Kier alpha value is -2.52. The maximum atomic E-state index is 11.7. The second-order valence-electron chi connectivity index (χ2n) is 9.31. The zero-order valence-electron chi connectivity index (χ0n) is 19.6. The van der Waals surface area contributed by atoms with E-state index in [2.05, 4.69) is 43.2 Å². The smallest absolute Gasteiger partial charge is 0.225 e. The summed E-state index contributed by atoms with van der Waals surface area (Å²) in [5.74, 6) is 3.39. The molecule has 5 rings (SSSR count). The molecule has 2 aromatic rings. The molecule has 2 saturated heterocycles. The molecule has 9 nitrogen and oxygen atoms in total. The molecule has 0 atom stereocenters. The number of aromatic nitrogens is 4. The number of nitrogens with zero attached hydrogens (tertiary/aromatic N) is 5. The minimum absolute atomic E-state index is 0.0377. The average Bonchev–Trinajstić information content (AvgIpc) is 3.27. The van der Waals surface area contributed by atoms with Crippen LogP contribution >= 0.6 is 0 Å². The van der Waals surface area contributed by atoms with Crippen molar-refractivity contribution >= 4 is 17.5 Å². The van der Waals surface area contributed by atoms with E-state index in [0.29, 0.717) is 30.6 Å². The first-order valence-electron chi connectivity index (χ1n) is 12.5. The first-order chi connectivity index (χ1) is 16.2. The third-order valence-electron chi connectivity index (χ3n) is 7.17. The maximum Gasteiger partial charge on any atom is 0.225 e. The standard InChI is InChI=1S/C24H35N7O2/c1-2-18-15-31(12-9-25-19-7-13-33-14-8-19)23(28-18)17-5-10-30(11-6-17)24-20-3-4-21(32)29-22(20)26-16-27-24/h15-17,19,25H,2-14H2,1H3,(H,26,27,29,32). The van der Waals surface area contributed by atoms with E-state index < -0.39 is 0 Å². The van der Waals surface area contributed by atoms with Gasteiger partial charge in [0, 0.05) is 69.5 Å². The van der Waals surface area contributed by atoms with Gasteiger partial charge in [-0.3, -0.25) is 4.79 Å². The lowest BCUT2D eigenvalue weighted by atomic mass is 9.95. The Balaban J connectivity index is 1.22. The fourth-order valence-electron chi connectivity index (χ4n) is 5.25. The van der Waals surface area contributed by atoms with Crippen molar-refractivity contribution in [2.45, 2.75) is 70.4 Å². The zero-order chi connectivity index (χ0) is 22.6. The quantitative estimate of drug-likeness (QED) is 0.664. The molecule has 178 valence electrons. The predicted molar refractivity (Wildman–Crippen MR) is 127 cm³/mol. The molecule has 2 fully saturated rings. The van der Waals surface area contributed by atoms with Crippen molar-refractivity contribution in [3.05, 3.63) is 29.6 Å². The summed E-state index contributed by atoms with van der Waals surface area (Å²) in [5, 5.41) is 6.60. The molecule has 0 radical (unpaired) electrons. The maximum absolute atomic E-state index is 11.7. The summed E-state index contributed by atoms with van der Waals surface area (Å²) >= 11 is 0. The van der Waals surface area contributed by atoms with Gasteiger partial charge in [-0.15, -0.1) is 0 Å². The van der Waals surface area contributed by atoms with Crippen LogP contribution in [0.15, 0.2) is 12.5 Å². The highest BCUT2D eigenvalue weighted by Gasteiger charge is 2.29. The molecule has 0 spiro atoms. The summed E-state index contributed by atoms with van der Waals surface area (Å²) < 4.78 is 7.85. The van der Waals surface area contributed by atoms with Crippen LogP contribution in [-0.4, -0.2) is 64.3 Å². The minimum Gasteiger partial charge on any atom is -0.381 e. The largest absolute Gasteiger partial charge is 0.381 e. The molecule has 9 heteroatoms. The van der Waals surface area contributed by atoms with Crippen molar-refractivity contribution in [2.24, 2.45) is 0 Å². The number of fused-ring (bicyclic) bond motifs is 1. The normalized spacial score (nSPS) is 20.0. The molecule has 0 bridgehead atoms. The second kappa shape index (κ2) is 10.2. The van der Waals surface area contributed by atoms with Gasteiger partial charge in [0.2, 0.25) is 5.91 Å². The monoisotopic (exact) mass is 453 g/mol. The van der Waals surface area contributed by atoms with Crippen molar-refractivity contribution < 1.29 is 9.53 Å². The lowest BCUT2D eigenvalue weighted by Crippen LogP contribution is -2.37. The highest BCUT2D eigenvalue weighted by atomic mass is 16.5. The van der Waals surface area contributed by atoms with E-state index in [4.69, 9.17) is 9.72 Å². The Labute approximate surface area is 195 Å². The van der Waals surface area contributed by atoms with Crippen molar-refractivity contribution in [3.8, 4) is 0 Å². The van der Waals surface area contributed by atoms with Gasteiger partial charge >= 0.3 is 0 Å². The van der Waals surface area contributed by atoms with E-state index in [-0.39, 0.29) is 5.91 Å². The molecule has 3 aliphatic rings. The molecule has 3 aliphatic heterocycles. The number of carbonyl (C=O) groups excluding carboxylic acids is 1. The van der Waals surface area contributed by atoms with Crippen molar-refractivity contribution in [1.82, 2.24) is 24.8 Å². The van der Waals surface area contributed by atoms with Gasteiger partial charge in [-0.25, -0.2) is 15.0 Å². The molecule has 33 heavy (non-hydrogen) atoms. The Morgan fingerprint density at radius 1 is 1.15 bits per heavy atom. The Bertz CT molecular complexity index is 962. The van der Waals surface area contributed by atoms with Crippen LogP contribution in [0, 0.1) is 0 Å². The molecule has 0 saturated carbocycles. The van der Waals surface area contributed by atoms with E-state index in [0.717, 1.165) is 82.9 Å². The van der Waals surface area contributed by atoms with Crippen molar-refractivity contribution in [3.63, 3.8) is 0 Å². The molecule has 5 heterocycles.